The maximum atomic E-state index is 12.9. The first kappa shape index (κ1) is 20.4. The SMILES string of the molecule is Cc1cccnc1NC(=O)N(C)c1ccc(-c2nc3ccc(C(F)(F)F)cc3[nH]2)cc1. The monoisotopic (exact) mass is 425 g/mol. The predicted molar refractivity (Wildman–Crippen MR) is 113 cm³/mol. The maximum absolute atomic E-state index is 12.9. The number of amides is 2. The number of pyridine rings is 1. The fourth-order valence-electron chi connectivity index (χ4n) is 3.08. The van der Waals surface area contributed by atoms with E-state index in [0.717, 1.165) is 17.7 Å². The van der Waals surface area contributed by atoms with Gasteiger partial charge in [-0.05, 0) is 61.0 Å². The largest absolute Gasteiger partial charge is 0.416 e. The van der Waals surface area contributed by atoms with E-state index in [-0.39, 0.29) is 6.03 Å². The molecule has 2 aromatic heterocycles. The molecule has 0 atom stereocenters. The topological polar surface area (TPSA) is 73.9 Å². The summed E-state index contributed by atoms with van der Waals surface area (Å²) in [6.07, 6.45) is -2.82. The van der Waals surface area contributed by atoms with Crippen molar-refractivity contribution < 1.29 is 18.0 Å². The molecule has 4 aromatic rings. The lowest BCUT2D eigenvalue weighted by Crippen LogP contribution is -2.31. The van der Waals surface area contributed by atoms with Gasteiger partial charge in [0.1, 0.15) is 11.6 Å². The lowest BCUT2D eigenvalue weighted by atomic mass is 10.2. The summed E-state index contributed by atoms with van der Waals surface area (Å²) in [5.41, 5.74) is 2.16. The van der Waals surface area contributed by atoms with Crippen molar-refractivity contribution in [2.24, 2.45) is 0 Å². The number of aromatic nitrogens is 3. The number of carbonyl (C=O) groups excluding carboxylic acids is 1. The molecule has 2 N–H and O–H groups in total. The fourth-order valence-corrected chi connectivity index (χ4v) is 3.08. The summed E-state index contributed by atoms with van der Waals surface area (Å²) < 4.78 is 38.7. The summed E-state index contributed by atoms with van der Waals surface area (Å²) in [6, 6.07) is 13.6. The summed E-state index contributed by atoms with van der Waals surface area (Å²) in [7, 11) is 1.63. The Kier molecular flexibility index (Phi) is 5.10. The van der Waals surface area contributed by atoms with Crippen LogP contribution in [0.2, 0.25) is 0 Å². The van der Waals surface area contributed by atoms with Crippen molar-refractivity contribution in [3.8, 4) is 11.4 Å². The van der Waals surface area contributed by atoms with Gasteiger partial charge in [0.25, 0.3) is 0 Å². The molecule has 0 aliphatic heterocycles. The van der Waals surface area contributed by atoms with Gasteiger partial charge in [-0.2, -0.15) is 13.2 Å². The minimum atomic E-state index is -4.42. The molecule has 0 spiro atoms. The van der Waals surface area contributed by atoms with Crippen LogP contribution in [-0.4, -0.2) is 28.0 Å². The first-order valence-corrected chi connectivity index (χ1v) is 9.36. The van der Waals surface area contributed by atoms with E-state index in [2.05, 4.69) is 20.3 Å². The van der Waals surface area contributed by atoms with Gasteiger partial charge in [0.05, 0.1) is 16.6 Å². The van der Waals surface area contributed by atoms with Crippen LogP contribution in [0.5, 0.6) is 0 Å². The van der Waals surface area contributed by atoms with E-state index in [1.54, 1.807) is 43.6 Å². The minimum Gasteiger partial charge on any atom is -0.338 e. The lowest BCUT2D eigenvalue weighted by Gasteiger charge is -2.18. The van der Waals surface area contributed by atoms with Crippen LogP contribution >= 0.6 is 0 Å². The molecule has 0 aliphatic rings. The smallest absolute Gasteiger partial charge is 0.338 e. The molecule has 31 heavy (non-hydrogen) atoms. The number of rotatable bonds is 3. The number of anilines is 2. The summed E-state index contributed by atoms with van der Waals surface area (Å²) >= 11 is 0. The molecule has 0 saturated carbocycles. The molecule has 4 rings (SSSR count). The van der Waals surface area contributed by atoms with Crippen LogP contribution < -0.4 is 10.2 Å². The first-order valence-electron chi connectivity index (χ1n) is 9.36. The van der Waals surface area contributed by atoms with Crippen molar-refractivity contribution >= 4 is 28.6 Å². The number of nitrogens with zero attached hydrogens (tertiary/aromatic N) is 3. The zero-order valence-electron chi connectivity index (χ0n) is 16.7. The second-order valence-electron chi connectivity index (χ2n) is 7.02. The standard InChI is InChI=1S/C22H18F3N5O/c1-13-4-3-11-26-19(13)29-21(31)30(2)16-8-5-14(6-9-16)20-27-17-10-7-15(22(23,24)25)12-18(17)28-20/h3-12H,1-2H3,(H,27,28)(H,26,29,31). The molecule has 0 bridgehead atoms. The highest BCUT2D eigenvalue weighted by molar-refractivity contribution is 6.01. The Balaban J connectivity index is 1.53. The molecule has 6 nitrogen and oxygen atoms in total. The van der Waals surface area contributed by atoms with E-state index in [1.807, 2.05) is 13.0 Å². The zero-order valence-corrected chi connectivity index (χ0v) is 16.7. The Hall–Kier alpha value is -3.88. The number of benzene rings is 2. The number of halogens is 3. The molecule has 9 heteroatoms. The third-order valence-electron chi connectivity index (χ3n) is 4.88. The van der Waals surface area contributed by atoms with Crippen molar-refractivity contribution in [1.29, 1.82) is 0 Å². The van der Waals surface area contributed by atoms with Crippen LogP contribution in [-0.2, 0) is 6.18 Å². The Morgan fingerprint density at radius 1 is 1.10 bits per heavy atom. The average Bonchev–Trinajstić information content (AvgIpc) is 3.18. The van der Waals surface area contributed by atoms with Crippen molar-refractivity contribution in [1.82, 2.24) is 15.0 Å². The Labute approximate surface area is 175 Å². The molecule has 0 saturated heterocycles. The average molecular weight is 425 g/mol. The number of urea groups is 1. The van der Waals surface area contributed by atoms with Gasteiger partial charge in [-0.3, -0.25) is 10.2 Å². The van der Waals surface area contributed by atoms with E-state index in [0.29, 0.717) is 33.9 Å². The quantitative estimate of drug-likeness (QED) is 0.447. The van der Waals surface area contributed by atoms with Gasteiger partial charge in [0, 0.05) is 24.5 Å². The second kappa shape index (κ2) is 7.75. The predicted octanol–water partition coefficient (Wildman–Crippen LogP) is 5.62. The van der Waals surface area contributed by atoms with Gasteiger partial charge < -0.3 is 4.98 Å². The third kappa shape index (κ3) is 4.20. The van der Waals surface area contributed by atoms with Crippen LogP contribution in [0, 0.1) is 6.92 Å². The van der Waals surface area contributed by atoms with Crippen LogP contribution in [0.3, 0.4) is 0 Å². The Morgan fingerprint density at radius 3 is 2.52 bits per heavy atom. The van der Waals surface area contributed by atoms with Crippen molar-refractivity contribution in [2.45, 2.75) is 13.1 Å². The zero-order chi connectivity index (χ0) is 22.2. The Morgan fingerprint density at radius 2 is 1.84 bits per heavy atom. The van der Waals surface area contributed by atoms with Crippen LogP contribution in [0.1, 0.15) is 11.1 Å². The number of aryl methyl sites for hydroxylation is 1. The van der Waals surface area contributed by atoms with Gasteiger partial charge in [-0.15, -0.1) is 0 Å². The van der Waals surface area contributed by atoms with Gasteiger partial charge >= 0.3 is 12.2 Å². The van der Waals surface area contributed by atoms with Crippen molar-refractivity contribution in [3.05, 3.63) is 71.9 Å². The number of hydrogen-bond acceptors (Lipinski definition) is 3. The summed E-state index contributed by atoms with van der Waals surface area (Å²) in [5.74, 6) is 0.925. The van der Waals surface area contributed by atoms with E-state index in [1.165, 1.54) is 11.0 Å². The second-order valence-corrected chi connectivity index (χ2v) is 7.02. The number of H-pyrrole nitrogens is 1. The van der Waals surface area contributed by atoms with Gasteiger partial charge in [0.15, 0.2) is 0 Å². The van der Waals surface area contributed by atoms with Gasteiger partial charge in [0.2, 0.25) is 0 Å². The fraction of sp³-hybridized carbons (Fsp3) is 0.136. The number of hydrogen-bond donors (Lipinski definition) is 2. The highest BCUT2D eigenvalue weighted by Crippen LogP contribution is 2.32. The molecule has 0 radical (unpaired) electrons. The van der Waals surface area contributed by atoms with Crippen LogP contribution in [0.15, 0.2) is 60.8 Å². The molecule has 2 heterocycles. The molecule has 0 fully saturated rings. The first-order chi connectivity index (χ1) is 14.7. The van der Waals surface area contributed by atoms with Gasteiger partial charge in [-0.25, -0.2) is 14.8 Å². The normalized spacial score (nSPS) is 11.5. The number of carbonyl (C=O) groups is 1. The van der Waals surface area contributed by atoms with Crippen LogP contribution in [0.4, 0.5) is 29.5 Å². The highest BCUT2D eigenvalue weighted by atomic mass is 19.4. The van der Waals surface area contributed by atoms with E-state index >= 15 is 0 Å². The summed E-state index contributed by atoms with van der Waals surface area (Å²) in [6.45, 7) is 1.85. The van der Waals surface area contributed by atoms with Crippen molar-refractivity contribution in [2.75, 3.05) is 17.3 Å². The van der Waals surface area contributed by atoms with Crippen molar-refractivity contribution in [3.63, 3.8) is 0 Å². The number of nitrogens with one attached hydrogen (secondary N) is 2. The minimum absolute atomic E-state index is 0.302. The molecular weight excluding hydrogens is 407 g/mol. The number of imidazole rings is 1. The highest BCUT2D eigenvalue weighted by Gasteiger charge is 2.30. The Bertz CT molecular complexity index is 1250. The number of aromatic amines is 1. The van der Waals surface area contributed by atoms with Gasteiger partial charge in [-0.1, -0.05) is 6.07 Å². The van der Waals surface area contributed by atoms with E-state index < -0.39 is 11.7 Å². The van der Waals surface area contributed by atoms with Crippen LogP contribution in [0.25, 0.3) is 22.4 Å². The molecule has 0 aliphatic carbocycles. The third-order valence-corrected chi connectivity index (χ3v) is 4.88. The lowest BCUT2D eigenvalue weighted by molar-refractivity contribution is -0.137. The maximum Gasteiger partial charge on any atom is 0.416 e. The molecule has 2 amide bonds. The summed E-state index contributed by atoms with van der Waals surface area (Å²) in [5, 5.41) is 2.76. The number of alkyl halides is 3. The molecule has 2 aromatic carbocycles. The molecule has 158 valence electrons. The molecular formula is C22H18F3N5O. The molecule has 0 unspecified atom stereocenters. The summed E-state index contributed by atoms with van der Waals surface area (Å²) in [4.78, 5) is 25.4. The van der Waals surface area contributed by atoms with E-state index in [9.17, 15) is 18.0 Å². The van der Waals surface area contributed by atoms with E-state index in [4.69, 9.17) is 0 Å². The number of fused-ring (bicyclic) bond motifs is 1.